The van der Waals surface area contributed by atoms with Crippen molar-refractivity contribution in [2.45, 2.75) is 39.0 Å². The average molecular weight is 368 g/mol. The summed E-state index contributed by atoms with van der Waals surface area (Å²) in [5.41, 5.74) is 3.20. The second-order valence-corrected chi connectivity index (χ2v) is 6.99. The van der Waals surface area contributed by atoms with Gasteiger partial charge in [-0.15, -0.1) is 0 Å². The summed E-state index contributed by atoms with van der Waals surface area (Å²) in [6, 6.07) is 16.2. The molecule has 0 aromatic heterocycles. The van der Waals surface area contributed by atoms with Gasteiger partial charge in [0.05, 0.1) is 13.2 Å². The Morgan fingerprint density at radius 2 is 1.96 bits per heavy atom. The van der Waals surface area contributed by atoms with E-state index in [1.165, 1.54) is 18.1 Å². The van der Waals surface area contributed by atoms with Crippen molar-refractivity contribution in [2.75, 3.05) is 25.6 Å². The molecule has 0 saturated carbocycles. The molecule has 0 aliphatic carbocycles. The van der Waals surface area contributed by atoms with Gasteiger partial charge in [-0.2, -0.15) is 0 Å². The number of anilines is 1. The van der Waals surface area contributed by atoms with E-state index < -0.39 is 0 Å². The van der Waals surface area contributed by atoms with Crippen molar-refractivity contribution in [1.82, 2.24) is 4.90 Å². The molecule has 1 heterocycles. The van der Waals surface area contributed by atoms with Gasteiger partial charge in [-0.25, -0.2) is 0 Å². The molecule has 0 spiro atoms. The molecule has 3 rings (SSSR count). The summed E-state index contributed by atoms with van der Waals surface area (Å²) in [7, 11) is 1.71. The molecule has 5 heteroatoms. The van der Waals surface area contributed by atoms with Crippen LogP contribution < -0.4 is 10.1 Å². The predicted molar refractivity (Wildman–Crippen MR) is 107 cm³/mol. The van der Waals surface area contributed by atoms with E-state index in [2.05, 4.69) is 28.4 Å². The number of methoxy groups -OCH3 is 1. The number of nitrogens with zero attached hydrogens (tertiary/aromatic N) is 1. The summed E-state index contributed by atoms with van der Waals surface area (Å²) in [4.78, 5) is 13.6. The molecule has 2 aromatic carbocycles. The number of ether oxygens (including phenoxy) is 2. The number of rotatable bonds is 8. The number of carbonyl (C=O) groups is 1. The van der Waals surface area contributed by atoms with Crippen LogP contribution in [-0.2, 0) is 22.6 Å². The van der Waals surface area contributed by atoms with Gasteiger partial charge in [-0.1, -0.05) is 30.3 Å². The molecule has 1 N–H and O–H groups in total. The van der Waals surface area contributed by atoms with Crippen LogP contribution in [0.15, 0.2) is 48.5 Å². The largest absolute Gasteiger partial charge is 0.496 e. The Labute approximate surface area is 161 Å². The van der Waals surface area contributed by atoms with Gasteiger partial charge in [-0.05, 0) is 36.6 Å². The highest BCUT2D eigenvalue weighted by Gasteiger charge is 2.20. The maximum absolute atomic E-state index is 11.2. The van der Waals surface area contributed by atoms with Gasteiger partial charge in [-0.3, -0.25) is 9.69 Å². The van der Waals surface area contributed by atoms with Gasteiger partial charge in [0.15, 0.2) is 0 Å². The van der Waals surface area contributed by atoms with E-state index in [0.29, 0.717) is 6.10 Å². The fraction of sp³-hybridized carbons (Fsp3) is 0.409. The van der Waals surface area contributed by atoms with E-state index in [9.17, 15) is 4.79 Å². The predicted octanol–water partition coefficient (Wildman–Crippen LogP) is 3.83. The lowest BCUT2D eigenvalue weighted by Crippen LogP contribution is -2.31. The zero-order chi connectivity index (χ0) is 19.1. The van der Waals surface area contributed by atoms with Crippen molar-refractivity contribution in [3.05, 3.63) is 59.7 Å². The molecule has 1 atom stereocenters. The first-order valence-corrected chi connectivity index (χ1v) is 9.46. The first-order valence-electron chi connectivity index (χ1n) is 9.46. The Morgan fingerprint density at radius 1 is 1.19 bits per heavy atom. The molecule has 0 bridgehead atoms. The van der Waals surface area contributed by atoms with Crippen molar-refractivity contribution in [2.24, 2.45) is 0 Å². The number of hydrogen-bond acceptors (Lipinski definition) is 4. The fourth-order valence-corrected chi connectivity index (χ4v) is 3.49. The number of amides is 1. The molecule has 1 aliphatic heterocycles. The second kappa shape index (κ2) is 9.53. The van der Waals surface area contributed by atoms with Crippen molar-refractivity contribution in [1.29, 1.82) is 0 Å². The zero-order valence-corrected chi connectivity index (χ0v) is 16.1. The van der Waals surface area contributed by atoms with Crippen LogP contribution in [0.25, 0.3) is 0 Å². The van der Waals surface area contributed by atoms with Crippen molar-refractivity contribution >= 4 is 11.6 Å². The van der Waals surface area contributed by atoms with Gasteiger partial charge in [0.2, 0.25) is 5.91 Å². The summed E-state index contributed by atoms with van der Waals surface area (Å²) in [6.07, 6.45) is 2.54. The maximum atomic E-state index is 11.2. The molecule has 1 aliphatic rings. The third kappa shape index (κ3) is 5.81. The van der Waals surface area contributed by atoms with Gasteiger partial charge >= 0.3 is 0 Å². The van der Waals surface area contributed by atoms with E-state index in [1.54, 1.807) is 7.11 Å². The molecule has 144 valence electrons. The van der Waals surface area contributed by atoms with Gasteiger partial charge in [0.25, 0.3) is 0 Å². The normalized spacial score (nSPS) is 16.5. The zero-order valence-electron chi connectivity index (χ0n) is 16.1. The molecular weight excluding hydrogens is 340 g/mol. The molecular formula is C22H28N2O3. The summed E-state index contributed by atoms with van der Waals surface area (Å²) in [5, 5.41) is 2.81. The minimum Gasteiger partial charge on any atom is -0.496 e. The molecule has 27 heavy (non-hydrogen) atoms. The Hall–Kier alpha value is -2.37. The van der Waals surface area contributed by atoms with E-state index in [0.717, 1.165) is 50.5 Å². The number of benzene rings is 2. The maximum Gasteiger partial charge on any atom is 0.221 e. The van der Waals surface area contributed by atoms with Crippen LogP contribution in [0, 0.1) is 0 Å². The van der Waals surface area contributed by atoms with E-state index in [4.69, 9.17) is 9.47 Å². The molecule has 1 fully saturated rings. The smallest absolute Gasteiger partial charge is 0.221 e. The monoisotopic (exact) mass is 368 g/mol. The van der Waals surface area contributed by atoms with Crippen LogP contribution in [0.3, 0.4) is 0 Å². The summed E-state index contributed by atoms with van der Waals surface area (Å²) in [5.74, 6) is 0.856. The second-order valence-electron chi connectivity index (χ2n) is 6.99. The quantitative estimate of drug-likeness (QED) is 0.769. The highest BCUT2D eigenvalue weighted by Crippen LogP contribution is 2.23. The molecule has 5 nitrogen and oxygen atoms in total. The SMILES string of the molecule is COc1ccccc1CN(Cc1ccc(NC(C)=O)cc1)C[C@H]1CCCO1. The topological polar surface area (TPSA) is 50.8 Å². The van der Waals surface area contributed by atoms with Crippen LogP contribution in [0.2, 0.25) is 0 Å². The van der Waals surface area contributed by atoms with Crippen LogP contribution >= 0.6 is 0 Å². The third-order valence-corrected chi connectivity index (χ3v) is 4.75. The van der Waals surface area contributed by atoms with E-state index >= 15 is 0 Å². The first kappa shape index (κ1) is 19.4. The standard InChI is InChI=1S/C22H28N2O3/c1-17(25)23-20-11-9-18(10-12-20)14-24(16-21-7-5-13-27-21)15-19-6-3-4-8-22(19)26-2/h3-4,6,8-12,21H,5,7,13-16H2,1-2H3,(H,23,25)/t21-/m1/s1. The third-order valence-electron chi connectivity index (χ3n) is 4.75. The van der Waals surface area contributed by atoms with Crippen molar-refractivity contribution in [3.8, 4) is 5.75 Å². The lowest BCUT2D eigenvalue weighted by Gasteiger charge is -2.26. The number of carbonyl (C=O) groups excluding carboxylic acids is 1. The lowest BCUT2D eigenvalue weighted by molar-refractivity contribution is -0.114. The summed E-state index contributed by atoms with van der Waals surface area (Å²) < 4.78 is 11.4. The number of nitrogens with one attached hydrogen (secondary N) is 1. The Morgan fingerprint density at radius 3 is 2.63 bits per heavy atom. The molecule has 1 amide bonds. The summed E-state index contributed by atoms with van der Waals surface area (Å²) in [6.45, 7) is 4.89. The summed E-state index contributed by atoms with van der Waals surface area (Å²) >= 11 is 0. The highest BCUT2D eigenvalue weighted by atomic mass is 16.5. The molecule has 0 radical (unpaired) electrons. The van der Waals surface area contributed by atoms with Crippen LogP contribution in [-0.4, -0.2) is 37.2 Å². The molecule has 2 aromatic rings. The van der Waals surface area contributed by atoms with Crippen LogP contribution in [0.5, 0.6) is 5.75 Å². The number of para-hydroxylation sites is 1. The Bertz CT molecular complexity index is 739. The first-order chi connectivity index (χ1) is 13.1. The Kier molecular flexibility index (Phi) is 6.85. The van der Waals surface area contributed by atoms with Crippen molar-refractivity contribution < 1.29 is 14.3 Å². The van der Waals surface area contributed by atoms with E-state index in [1.807, 2.05) is 30.3 Å². The average Bonchev–Trinajstić information content (AvgIpc) is 3.16. The number of hydrogen-bond donors (Lipinski definition) is 1. The van der Waals surface area contributed by atoms with Gasteiger partial charge < -0.3 is 14.8 Å². The fourth-order valence-electron chi connectivity index (χ4n) is 3.49. The Balaban J connectivity index is 1.72. The molecule has 0 unspecified atom stereocenters. The van der Waals surface area contributed by atoms with Crippen molar-refractivity contribution in [3.63, 3.8) is 0 Å². The van der Waals surface area contributed by atoms with Gasteiger partial charge in [0.1, 0.15) is 5.75 Å². The minimum atomic E-state index is -0.0565. The minimum absolute atomic E-state index is 0.0565. The highest BCUT2D eigenvalue weighted by molar-refractivity contribution is 5.88. The van der Waals surface area contributed by atoms with Crippen LogP contribution in [0.4, 0.5) is 5.69 Å². The lowest BCUT2D eigenvalue weighted by atomic mass is 10.1. The van der Waals surface area contributed by atoms with Crippen LogP contribution in [0.1, 0.15) is 30.9 Å². The molecule has 1 saturated heterocycles. The van der Waals surface area contributed by atoms with E-state index in [-0.39, 0.29) is 5.91 Å². The van der Waals surface area contributed by atoms with Gasteiger partial charge in [0, 0.05) is 44.4 Å².